The topological polar surface area (TPSA) is 29.9 Å². The third kappa shape index (κ3) is 4.85. The van der Waals surface area contributed by atoms with Crippen LogP contribution in [0, 0.1) is 5.92 Å². The fourth-order valence-corrected chi connectivity index (χ4v) is 5.40. The van der Waals surface area contributed by atoms with Crippen LogP contribution in [0.2, 0.25) is 0 Å². The molecular formula is C26H35N3S. The fraction of sp³-hybridized carbons (Fsp3) is 0.500. The van der Waals surface area contributed by atoms with Gasteiger partial charge in [0.05, 0.1) is 11.0 Å². The largest absolute Gasteiger partial charge is 0.388 e. The van der Waals surface area contributed by atoms with Crippen molar-refractivity contribution >= 4 is 28.5 Å². The molecule has 0 radical (unpaired) electrons. The highest BCUT2D eigenvalue weighted by molar-refractivity contribution is 7.98. The molecule has 1 aliphatic rings. The molecule has 1 saturated carbocycles. The number of imidazole rings is 1. The minimum Gasteiger partial charge on any atom is -0.388 e. The van der Waals surface area contributed by atoms with Crippen molar-refractivity contribution in [2.45, 2.75) is 75.5 Å². The number of rotatable bonds is 6. The number of benzene rings is 2. The number of hydrogen-bond donors (Lipinski definition) is 1. The average molecular weight is 422 g/mol. The number of fused-ring (bicyclic) bond motifs is 1. The van der Waals surface area contributed by atoms with Gasteiger partial charge in [-0.2, -0.15) is 0 Å². The van der Waals surface area contributed by atoms with Crippen LogP contribution >= 0.6 is 11.8 Å². The van der Waals surface area contributed by atoms with E-state index >= 15 is 0 Å². The molecule has 1 heterocycles. The second kappa shape index (κ2) is 9.05. The van der Waals surface area contributed by atoms with E-state index in [1.807, 2.05) is 18.8 Å². The first-order valence-electron chi connectivity index (χ1n) is 11.3. The maximum atomic E-state index is 5.13. The molecule has 3 aromatic rings. The number of aromatic nitrogens is 2. The molecule has 1 fully saturated rings. The molecule has 2 aromatic carbocycles. The Kier molecular flexibility index (Phi) is 6.43. The molecule has 0 amide bonds. The van der Waals surface area contributed by atoms with Gasteiger partial charge in [0, 0.05) is 35.3 Å². The Morgan fingerprint density at radius 3 is 2.43 bits per heavy atom. The van der Waals surface area contributed by atoms with E-state index in [9.17, 15) is 0 Å². The van der Waals surface area contributed by atoms with Crippen LogP contribution < -0.4 is 5.32 Å². The SMILES string of the molecule is CNc1ccc(CSc2ccc3c(c2)nc(C(C)(C)C)n3CC2CCCCC2)cc1. The van der Waals surface area contributed by atoms with Crippen molar-refractivity contribution in [3.05, 3.63) is 53.9 Å². The Labute approximate surface area is 185 Å². The van der Waals surface area contributed by atoms with Gasteiger partial charge in [-0.1, -0.05) is 52.2 Å². The second-order valence-corrected chi connectivity index (χ2v) is 10.7. The van der Waals surface area contributed by atoms with Gasteiger partial charge in [0.15, 0.2) is 0 Å². The van der Waals surface area contributed by atoms with Crippen molar-refractivity contribution in [3.8, 4) is 0 Å². The molecular weight excluding hydrogens is 386 g/mol. The third-order valence-electron chi connectivity index (χ3n) is 6.20. The Balaban J connectivity index is 1.57. The number of hydrogen-bond acceptors (Lipinski definition) is 3. The molecule has 0 saturated heterocycles. The van der Waals surface area contributed by atoms with Gasteiger partial charge in [0.2, 0.25) is 0 Å². The lowest BCUT2D eigenvalue weighted by atomic mass is 9.88. The lowest BCUT2D eigenvalue weighted by molar-refractivity contribution is 0.313. The van der Waals surface area contributed by atoms with Crippen molar-refractivity contribution in [2.75, 3.05) is 12.4 Å². The van der Waals surface area contributed by atoms with Gasteiger partial charge in [0.25, 0.3) is 0 Å². The van der Waals surface area contributed by atoms with E-state index in [1.54, 1.807) is 0 Å². The Hall–Kier alpha value is -1.94. The van der Waals surface area contributed by atoms with Crippen LogP contribution in [0.5, 0.6) is 0 Å². The van der Waals surface area contributed by atoms with Crippen molar-refractivity contribution in [3.63, 3.8) is 0 Å². The molecule has 3 nitrogen and oxygen atoms in total. The van der Waals surface area contributed by atoms with Crippen LogP contribution in [0.3, 0.4) is 0 Å². The number of thioether (sulfide) groups is 1. The van der Waals surface area contributed by atoms with Gasteiger partial charge in [-0.15, -0.1) is 11.8 Å². The zero-order chi connectivity index (χ0) is 21.1. The lowest BCUT2D eigenvalue weighted by Crippen LogP contribution is -2.22. The molecule has 4 rings (SSSR count). The molecule has 30 heavy (non-hydrogen) atoms. The molecule has 0 bridgehead atoms. The van der Waals surface area contributed by atoms with E-state index in [0.717, 1.165) is 29.4 Å². The van der Waals surface area contributed by atoms with Gasteiger partial charge in [-0.05, 0) is 54.7 Å². The van der Waals surface area contributed by atoms with Gasteiger partial charge in [0.1, 0.15) is 5.82 Å². The molecule has 0 aliphatic heterocycles. The summed E-state index contributed by atoms with van der Waals surface area (Å²) in [5.41, 5.74) is 5.00. The predicted octanol–water partition coefficient (Wildman–Crippen LogP) is 7.25. The summed E-state index contributed by atoms with van der Waals surface area (Å²) in [4.78, 5) is 6.42. The second-order valence-electron chi connectivity index (χ2n) is 9.69. The first-order chi connectivity index (χ1) is 14.4. The highest BCUT2D eigenvalue weighted by Crippen LogP contribution is 2.33. The van der Waals surface area contributed by atoms with Crippen molar-refractivity contribution in [1.82, 2.24) is 9.55 Å². The van der Waals surface area contributed by atoms with Crippen molar-refractivity contribution < 1.29 is 0 Å². The molecule has 0 atom stereocenters. The minimum atomic E-state index is 0.0516. The van der Waals surface area contributed by atoms with Crippen LogP contribution in [-0.2, 0) is 17.7 Å². The molecule has 1 N–H and O–H groups in total. The number of nitrogens with one attached hydrogen (secondary N) is 1. The molecule has 4 heteroatoms. The summed E-state index contributed by atoms with van der Waals surface area (Å²) in [5, 5.41) is 3.18. The Bertz CT molecular complexity index is 976. The maximum absolute atomic E-state index is 5.13. The highest BCUT2D eigenvalue weighted by atomic mass is 32.2. The monoisotopic (exact) mass is 421 g/mol. The van der Waals surface area contributed by atoms with Crippen LogP contribution in [0.15, 0.2) is 47.4 Å². The van der Waals surface area contributed by atoms with Crippen LogP contribution in [-0.4, -0.2) is 16.6 Å². The van der Waals surface area contributed by atoms with Crippen molar-refractivity contribution in [2.24, 2.45) is 5.92 Å². The maximum Gasteiger partial charge on any atom is 0.115 e. The molecule has 0 unspecified atom stereocenters. The highest BCUT2D eigenvalue weighted by Gasteiger charge is 2.25. The summed E-state index contributed by atoms with van der Waals surface area (Å²) < 4.78 is 2.52. The smallest absolute Gasteiger partial charge is 0.115 e. The van der Waals surface area contributed by atoms with Crippen LogP contribution in [0.25, 0.3) is 11.0 Å². The molecule has 160 valence electrons. The van der Waals surface area contributed by atoms with Crippen molar-refractivity contribution in [1.29, 1.82) is 0 Å². The van der Waals surface area contributed by atoms with Gasteiger partial charge < -0.3 is 9.88 Å². The normalized spacial score (nSPS) is 15.6. The van der Waals surface area contributed by atoms with Crippen LogP contribution in [0.1, 0.15) is 64.3 Å². The fourth-order valence-electron chi connectivity index (χ4n) is 4.52. The van der Waals surface area contributed by atoms with E-state index in [0.29, 0.717) is 0 Å². The third-order valence-corrected chi connectivity index (χ3v) is 7.27. The standard InChI is InChI=1S/C26H35N3S/c1-26(2,3)25-28-23-16-22(30-18-20-10-12-21(27-4)13-11-20)14-15-24(23)29(25)17-19-8-6-5-7-9-19/h10-16,19,27H,5-9,17-18H2,1-4H3. The van der Waals surface area contributed by atoms with Crippen LogP contribution in [0.4, 0.5) is 5.69 Å². The van der Waals surface area contributed by atoms with E-state index in [2.05, 4.69) is 73.1 Å². The molecule has 1 aromatic heterocycles. The number of anilines is 1. The first-order valence-corrected chi connectivity index (χ1v) is 12.3. The quantitative estimate of drug-likeness (QED) is 0.425. The van der Waals surface area contributed by atoms with E-state index in [4.69, 9.17) is 4.98 Å². The van der Waals surface area contributed by atoms with E-state index in [1.165, 1.54) is 53.9 Å². The lowest BCUT2D eigenvalue weighted by Gasteiger charge is -2.26. The van der Waals surface area contributed by atoms with E-state index in [-0.39, 0.29) is 5.41 Å². The molecule has 0 spiro atoms. The van der Waals surface area contributed by atoms with Gasteiger partial charge in [-0.3, -0.25) is 0 Å². The van der Waals surface area contributed by atoms with Gasteiger partial charge >= 0.3 is 0 Å². The summed E-state index contributed by atoms with van der Waals surface area (Å²) in [6.45, 7) is 7.98. The number of nitrogens with zero attached hydrogens (tertiary/aromatic N) is 2. The summed E-state index contributed by atoms with van der Waals surface area (Å²) in [7, 11) is 1.96. The summed E-state index contributed by atoms with van der Waals surface area (Å²) in [6, 6.07) is 15.5. The molecule has 1 aliphatic carbocycles. The summed E-state index contributed by atoms with van der Waals surface area (Å²) >= 11 is 1.89. The summed E-state index contributed by atoms with van der Waals surface area (Å²) in [6.07, 6.45) is 6.91. The average Bonchev–Trinajstić information content (AvgIpc) is 3.11. The summed E-state index contributed by atoms with van der Waals surface area (Å²) in [5.74, 6) is 3.00. The van der Waals surface area contributed by atoms with Gasteiger partial charge in [-0.25, -0.2) is 4.98 Å². The zero-order valence-corrected chi connectivity index (χ0v) is 19.7. The Morgan fingerprint density at radius 2 is 1.77 bits per heavy atom. The zero-order valence-electron chi connectivity index (χ0n) is 18.9. The predicted molar refractivity (Wildman–Crippen MR) is 131 cm³/mol. The Morgan fingerprint density at radius 1 is 1.03 bits per heavy atom. The first kappa shape index (κ1) is 21.3. The van der Waals surface area contributed by atoms with E-state index < -0.39 is 0 Å². The minimum absolute atomic E-state index is 0.0516.